The summed E-state index contributed by atoms with van der Waals surface area (Å²) in [6, 6.07) is 23.5. The number of carbonyl (C=O) groups excluding carboxylic acids is 1. The van der Waals surface area contributed by atoms with Gasteiger partial charge in [-0.3, -0.25) is 0 Å². The van der Waals surface area contributed by atoms with Crippen LogP contribution < -0.4 is 14.2 Å². The Morgan fingerprint density at radius 2 is 1.50 bits per heavy atom. The Labute approximate surface area is 188 Å². The van der Waals surface area contributed by atoms with Crippen molar-refractivity contribution in [3.63, 3.8) is 0 Å². The van der Waals surface area contributed by atoms with Crippen molar-refractivity contribution >= 4 is 5.97 Å². The minimum atomic E-state index is -1.66. The van der Waals surface area contributed by atoms with E-state index in [4.69, 9.17) is 18.9 Å². The molecular weight excluding hydrogens is 408 g/mol. The lowest BCUT2D eigenvalue weighted by Gasteiger charge is -2.33. The minimum absolute atomic E-state index is 0.166. The molecule has 2 atom stereocenters. The molecule has 0 heterocycles. The van der Waals surface area contributed by atoms with Crippen molar-refractivity contribution < 1.29 is 28.8 Å². The van der Waals surface area contributed by atoms with Crippen molar-refractivity contribution in [3.05, 3.63) is 90.0 Å². The molecule has 0 aliphatic carbocycles. The molecule has 1 N–H and O–H groups in total. The van der Waals surface area contributed by atoms with Gasteiger partial charge in [0.25, 0.3) is 0 Å². The lowest BCUT2D eigenvalue weighted by molar-refractivity contribution is -0.171. The molecule has 168 valence electrons. The van der Waals surface area contributed by atoms with Gasteiger partial charge in [-0.15, -0.1) is 0 Å². The first-order valence-electron chi connectivity index (χ1n) is 10.4. The zero-order valence-electron chi connectivity index (χ0n) is 18.5. The molecule has 0 aliphatic rings. The van der Waals surface area contributed by atoms with Crippen molar-refractivity contribution in [2.75, 3.05) is 13.7 Å². The van der Waals surface area contributed by atoms with Crippen molar-refractivity contribution in [3.8, 4) is 17.2 Å². The number of carbonyl (C=O) groups is 1. The van der Waals surface area contributed by atoms with Crippen LogP contribution in [0.1, 0.15) is 31.1 Å². The van der Waals surface area contributed by atoms with E-state index >= 15 is 0 Å². The second-order valence-electron chi connectivity index (χ2n) is 7.35. The summed E-state index contributed by atoms with van der Waals surface area (Å²) in [5, 5.41) is 11.1. The largest absolute Gasteiger partial charge is 0.497 e. The van der Waals surface area contributed by atoms with Gasteiger partial charge in [0.15, 0.2) is 0 Å². The van der Waals surface area contributed by atoms with E-state index in [1.54, 1.807) is 62.6 Å². The molecule has 0 fully saturated rings. The van der Waals surface area contributed by atoms with E-state index in [1.165, 1.54) is 6.92 Å². The van der Waals surface area contributed by atoms with E-state index in [2.05, 4.69) is 0 Å². The molecule has 3 aromatic carbocycles. The summed E-state index contributed by atoms with van der Waals surface area (Å²) in [4.78, 5) is 12.8. The molecule has 2 unspecified atom stereocenters. The lowest BCUT2D eigenvalue weighted by Crippen LogP contribution is -2.48. The van der Waals surface area contributed by atoms with E-state index in [0.717, 1.165) is 5.56 Å². The van der Waals surface area contributed by atoms with Gasteiger partial charge in [0.1, 0.15) is 30.0 Å². The average Bonchev–Trinajstić information content (AvgIpc) is 2.84. The highest BCUT2D eigenvalue weighted by Gasteiger charge is 2.45. The maximum absolute atomic E-state index is 12.8. The van der Waals surface area contributed by atoms with Crippen molar-refractivity contribution in [2.24, 2.45) is 0 Å². The van der Waals surface area contributed by atoms with Gasteiger partial charge in [-0.05, 0) is 61.4 Å². The monoisotopic (exact) mass is 436 g/mol. The molecular formula is C26H28O6. The van der Waals surface area contributed by atoms with Gasteiger partial charge < -0.3 is 24.1 Å². The summed E-state index contributed by atoms with van der Waals surface area (Å²) >= 11 is 0. The molecule has 0 amide bonds. The number of aliphatic hydroxyl groups is 1. The molecule has 0 saturated heterocycles. The third-order valence-corrected chi connectivity index (χ3v) is 5.04. The van der Waals surface area contributed by atoms with E-state index in [9.17, 15) is 9.90 Å². The van der Waals surface area contributed by atoms with Gasteiger partial charge in [0.05, 0.1) is 13.7 Å². The highest BCUT2D eigenvalue weighted by Crippen LogP contribution is 2.34. The predicted octanol–water partition coefficient (Wildman–Crippen LogP) is 4.71. The fraction of sp³-hybridized carbons (Fsp3) is 0.269. The fourth-order valence-corrected chi connectivity index (χ4v) is 3.18. The molecule has 6 nitrogen and oxygen atoms in total. The van der Waals surface area contributed by atoms with Crippen LogP contribution in [0.15, 0.2) is 78.9 Å². The number of methoxy groups -OCH3 is 1. The van der Waals surface area contributed by atoms with Crippen molar-refractivity contribution in [2.45, 2.75) is 32.2 Å². The zero-order valence-corrected chi connectivity index (χ0v) is 18.5. The van der Waals surface area contributed by atoms with Gasteiger partial charge >= 0.3 is 5.97 Å². The number of aliphatic hydroxyl groups excluding tert-OH is 1. The van der Waals surface area contributed by atoms with Gasteiger partial charge in [0.2, 0.25) is 5.60 Å². The molecule has 0 saturated carbocycles. The number of ether oxygens (including phenoxy) is 4. The summed E-state index contributed by atoms with van der Waals surface area (Å²) in [7, 11) is 1.57. The Morgan fingerprint density at radius 3 is 2.09 bits per heavy atom. The van der Waals surface area contributed by atoms with Crippen LogP contribution in [0.5, 0.6) is 17.2 Å². The molecule has 32 heavy (non-hydrogen) atoms. The summed E-state index contributed by atoms with van der Waals surface area (Å²) in [6.07, 6.45) is -1.27. The van der Waals surface area contributed by atoms with Crippen LogP contribution in [0.25, 0.3) is 0 Å². The first-order valence-corrected chi connectivity index (χ1v) is 10.4. The second-order valence-corrected chi connectivity index (χ2v) is 7.35. The summed E-state index contributed by atoms with van der Waals surface area (Å²) in [5.74, 6) is 1.05. The Bertz CT molecular complexity index is 985. The summed E-state index contributed by atoms with van der Waals surface area (Å²) < 4.78 is 22.1. The summed E-state index contributed by atoms with van der Waals surface area (Å²) in [6.45, 7) is 3.82. The van der Waals surface area contributed by atoms with Crippen molar-refractivity contribution in [1.29, 1.82) is 0 Å². The predicted molar refractivity (Wildman–Crippen MR) is 121 cm³/mol. The van der Waals surface area contributed by atoms with Crippen LogP contribution >= 0.6 is 0 Å². The van der Waals surface area contributed by atoms with E-state index in [1.807, 2.05) is 30.3 Å². The normalized spacial score (nSPS) is 13.5. The molecule has 0 bridgehead atoms. The van der Waals surface area contributed by atoms with E-state index in [-0.39, 0.29) is 6.61 Å². The summed E-state index contributed by atoms with van der Waals surface area (Å²) in [5.41, 5.74) is -0.0997. The maximum Gasteiger partial charge on any atom is 0.353 e. The molecule has 6 heteroatoms. The van der Waals surface area contributed by atoms with Crippen LogP contribution in [0, 0.1) is 0 Å². The minimum Gasteiger partial charge on any atom is -0.497 e. The smallest absolute Gasteiger partial charge is 0.353 e. The van der Waals surface area contributed by atoms with Crippen LogP contribution in [0.4, 0.5) is 0 Å². The van der Waals surface area contributed by atoms with Gasteiger partial charge in [-0.2, -0.15) is 0 Å². The van der Waals surface area contributed by atoms with Gasteiger partial charge in [-0.25, -0.2) is 4.79 Å². The van der Waals surface area contributed by atoms with Crippen LogP contribution in [-0.4, -0.2) is 30.4 Å². The average molecular weight is 437 g/mol. The fourth-order valence-electron chi connectivity index (χ4n) is 3.18. The SMILES string of the molecule is CCOC(=O)C(C)(Oc1ccc(OC)cc1)C(O)c1ccc(OCc2ccccc2)cc1. The topological polar surface area (TPSA) is 74.2 Å². The molecule has 3 aromatic rings. The van der Waals surface area contributed by atoms with E-state index < -0.39 is 17.7 Å². The highest BCUT2D eigenvalue weighted by atomic mass is 16.6. The number of rotatable bonds is 10. The molecule has 3 rings (SSSR count). The maximum atomic E-state index is 12.8. The number of hydrogen-bond acceptors (Lipinski definition) is 6. The Balaban J connectivity index is 1.77. The van der Waals surface area contributed by atoms with Crippen LogP contribution in [0.3, 0.4) is 0 Å². The van der Waals surface area contributed by atoms with Crippen LogP contribution in [0.2, 0.25) is 0 Å². The van der Waals surface area contributed by atoms with E-state index in [0.29, 0.717) is 29.4 Å². The molecule has 0 radical (unpaired) electrons. The molecule has 0 aromatic heterocycles. The number of hydrogen-bond donors (Lipinski definition) is 1. The second kappa shape index (κ2) is 10.7. The lowest BCUT2D eigenvalue weighted by atomic mass is 9.92. The third-order valence-electron chi connectivity index (χ3n) is 5.04. The highest BCUT2D eigenvalue weighted by molar-refractivity contribution is 5.80. The number of esters is 1. The van der Waals surface area contributed by atoms with Gasteiger partial charge in [0, 0.05) is 0 Å². The van der Waals surface area contributed by atoms with Crippen LogP contribution in [-0.2, 0) is 16.1 Å². The standard InChI is InChI=1S/C26H28O6/c1-4-30-25(28)26(2,32-23-16-14-21(29-3)15-17-23)24(27)20-10-12-22(13-11-20)31-18-19-8-6-5-7-9-19/h5-17,24,27H,4,18H2,1-3H3. The quantitative estimate of drug-likeness (QED) is 0.464. The first-order chi connectivity index (χ1) is 15.5. The Kier molecular flexibility index (Phi) is 7.73. The number of benzene rings is 3. The molecule has 0 spiro atoms. The third kappa shape index (κ3) is 5.59. The van der Waals surface area contributed by atoms with Gasteiger partial charge in [-0.1, -0.05) is 42.5 Å². The molecule has 0 aliphatic heterocycles. The van der Waals surface area contributed by atoms with Crippen molar-refractivity contribution in [1.82, 2.24) is 0 Å². The zero-order chi connectivity index (χ0) is 23.0. The Morgan fingerprint density at radius 1 is 0.906 bits per heavy atom. The Hall–Kier alpha value is -3.51. The first kappa shape index (κ1) is 23.2.